The number of rotatable bonds is 6. The van der Waals surface area contributed by atoms with Crippen LogP contribution in [0.25, 0.3) is 43.9 Å². The number of nitrogens with zero attached hydrogens (tertiary/aromatic N) is 2. The Bertz CT molecular complexity index is 3300. The zero-order chi connectivity index (χ0) is 40.0. The molecule has 61 heavy (non-hydrogen) atoms. The second kappa shape index (κ2) is 13.2. The van der Waals surface area contributed by atoms with Crippen molar-refractivity contribution in [3.05, 3.63) is 200 Å². The summed E-state index contributed by atoms with van der Waals surface area (Å²) in [6.45, 7) is -0.116. The van der Waals surface area contributed by atoms with Gasteiger partial charge in [0.15, 0.2) is 11.2 Å². The van der Waals surface area contributed by atoms with Crippen molar-refractivity contribution in [3.8, 4) is 23.0 Å². The number of fused-ring (bicyclic) bond motifs is 10. The van der Waals surface area contributed by atoms with Crippen molar-refractivity contribution in [3.63, 3.8) is 0 Å². The summed E-state index contributed by atoms with van der Waals surface area (Å²) in [6, 6.07) is 69.2. The van der Waals surface area contributed by atoms with Crippen LogP contribution in [0.3, 0.4) is 0 Å². The molecule has 0 spiro atoms. The van der Waals surface area contributed by atoms with E-state index >= 15 is 0 Å². The maximum Gasteiger partial charge on any atom is 0.260 e. The number of anilines is 6. The van der Waals surface area contributed by atoms with Gasteiger partial charge in [0.05, 0.1) is 11.4 Å². The Morgan fingerprint density at radius 3 is 1.25 bits per heavy atom. The molecule has 6 nitrogen and oxygen atoms in total. The molecule has 0 atom stereocenters. The molecule has 2 aliphatic heterocycles. The van der Waals surface area contributed by atoms with E-state index < -0.39 is 0 Å². The van der Waals surface area contributed by atoms with E-state index in [4.69, 9.17) is 18.3 Å². The normalized spacial score (nSPS) is 12.5. The Kier molecular flexibility index (Phi) is 7.30. The molecular weight excluding hydrogens is 751 g/mol. The first-order chi connectivity index (χ1) is 30.2. The fraction of sp³-hybridized carbons (Fsp3) is 0. The maximum atomic E-state index is 6.83. The second-order valence-electron chi connectivity index (χ2n) is 15.6. The molecule has 11 aromatic rings. The lowest BCUT2D eigenvalue weighted by Crippen LogP contribution is -2.57. The fourth-order valence-electron chi connectivity index (χ4n) is 9.51. The molecule has 286 valence electrons. The van der Waals surface area contributed by atoms with Crippen molar-refractivity contribution in [2.45, 2.75) is 0 Å². The molecule has 7 heteroatoms. The number of para-hydroxylation sites is 6. The highest BCUT2D eigenvalue weighted by atomic mass is 16.5. The summed E-state index contributed by atoms with van der Waals surface area (Å²) >= 11 is 0. The van der Waals surface area contributed by atoms with Crippen LogP contribution >= 0.6 is 0 Å². The van der Waals surface area contributed by atoms with Gasteiger partial charge in [0.2, 0.25) is 0 Å². The Labute approximate surface area is 351 Å². The molecule has 0 aliphatic carbocycles. The summed E-state index contributed by atoms with van der Waals surface area (Å²) in [7, 11) is 0. The Hall–Kier alpha value is -8.16. The van der Waals surface area contributed by atoms with E-state index in [2.05, 4.69) is 155 Å². The summed E-state index contributed by atoms with van der Waals surface area (Å²) in [4.78, 5) is 4.51. The van der Waals surface area contributed by atoms with Gasteiger partial charge in [0.25, 0.3) is 6.71 Å². The number of ether oxygens (including phenoxy) is 2. The van der Waals surface area contributed by atoms with E-state index in [0.29, 0.717) is 0 Å². The predicted octanol–water partition coefficient (Wildman–Crippen LogP) is 13.2. The van der Waals surface area contributed by atoms with Crippen molar-refractivity contribution < 1.29 is 18.3 Å². The third kappa shape index (κ3) is 5.17. The fourth-order valence-corrected chi connectivity index (χ4v) is 9.51. The average molecular weight is 785 g/mol. The van der Waals surface area contributed by atoms with Gasteiger partial charge in [-0.25, -0.2) is 0 Å². The van der Waals surface area contributed by atoms with E-state index in [1.54, 1.807) is 0 Å². The predicted molar refractivity (Wildman–Crippen MR) is 248 cm³/mol. The molecule has 0 radical (unpaired) electrons. The van der Waals surface area contributed by atoms with Gasteiger partial charge in [-0.2, -0.15) is 0 Å². The van der Waals surface area contributed by atoms with E-state index in [9.17, 15) is 0 Å². The summed E-state index contributed by atoms with van der Waals surface area (Å²) in [5.41, 5.74) is 12.4. The highest BCUT2D eigenvalue weighted by molar-refractivity contribution is 6.98. The minimum absolute atomic E-state index is 0.116. The third-order valence-corrected chi connectivity index (χ3v) is 12.2. The van der Waals surface area contributed by atoms with Crippen LogP contribution in [0.2, 0.25) is 0 Å². The first-order valence-corrected chi connectivity index (χ1v) is 20.5. The molecule has 2 aromatic heterocycles. The monoisotopic (exact) mass is 784 g/mol. The molecule has 0 N–H and O–H groups in total. The van der Waals surface area contributed by atoms with Crippen LogP contribution in [0.5, 0.6) is 23.0 Å². The number of benzene rings is 9. The molecule has 0 bridgehead atoms. The standard InChI is InChI=1S/C54H33BN2O4/c1-3-14-34(15-4-1)56(44-22-11-20-40-38-18-7-9-24-46(38)60-53(40)44)36-28-30-42-50(32-36)58-48-26-13-27-49-52(48)55(42)43-31-29-37(33-51(43)59-49)57(35-16-5-2-6-17-35)45-23-12-21-41-39-19-8-10-25-47(39)61-54(41)45/h1-33H. The summed E-state index contributed by atoms with van der Waals surface area (Å²) in [5, 5.41) is 4.33. The minimum Gasteiger partial charge on any atom is -0.458 e. The third-order valence-electron chi connectivity index (χ3n) is 12.2. The average Bonchev–Trinajstić information content (AvgIpc) is 3.89. The molecule has 0 fully saturated rings. The van der Waals surface area contributed by atoms with Crippen molar-refractivity contribution in [2.24, 2.45) is 0 Å². The molecule has 0 unspecified atom stereocenters. The smallest absolute Gasteiger partial charge is 0.260 e. The molecule has 4 heterocycles. The van der Waals surface area contributed by atoms with Gasteiger partial charge in [-0.1, -0.05) is 115 Å². The van der Waals surface area contributed by atoms with Gasteiger partial charge in [0, 0.05) is 61.9 Å². The maximum absolute atomic E-state index is 6.83. The van der Waals surface area contributed by atoms with Crippen LogP contribution in [-0.4, -0.2) is 6.71 Å². The van der Waals surface area contributed by atoms with Gasteiger partial charge >= 0.3 is 0 Å². The van der Waals surface area contributed by atoms with E-state index in [1.807, 2.05) is 54.6 Å². The second-order valence-corrected chi connectivity index (χ2v) is 15.6. The van der Waals surface area contributed by atoms with Gasteiger partial charge in [0.1, 0.15) is 34.2 Å². The molecular formula is C54H33BN2O4. The summed E-state index contributed by atoms with van der Waals surface area (Å²) in [6.07, 6.45) is 0. The quantitative estimate of drug-likeness (QED) is 0.157. The lowest BCUT2D eigenvalue weighted by Gasteiger charge is -2.34. The van der Waals surface area contributed by atoms with Crippen LogP contribution in [-0.2, 0) is 0 Å². The van der Waals surface area contributed by atoms with E-state index in [1.165, 1.54) is 0 Å². The Morgan fingerprint density at radius 1 is 0.328 bits per heavy atom. The van der Waals surface area contributed by atoms with Gasteiger partial charge in [-0.05, 0) is 83.7 Å². The SMILES string of the molecule is c1ccc(N(c2ccc3c(c2)Oc2cccc4c2B3c2ccc(N(c3ccccc3)c3cccc5c3oc3ccccc35)cc2O4)c2cccc3c2oc2ccccc23)cc1. The molecule has 0 saturated carbocycles. The minimum atomic E-state index is -0.116. The summed E-state index contributed by atoms with van der Waals surface area (Å²) < 4.78 is 26.8. The highest BCUT2D eigenvalue weighted by Gasteiger charge is 2.40. The van der Waals surface area contributed by atoms with Crippen molar-refractivity contribution >= 4 is 101 Å². The van der Waals surface area contributed by atoms with E-state index in [0.717, 1.165) is 117 Å². The highest BCUT2D eigenvalue weighted by Crippen LogP contribution is 2.46. The zero-order valence-electron chi connectivity index (χ0n) is 32.7. The number of furan rings is 2. The van der Waals surface area contributed by atoms with Crippen LogP contribution < -0.4 is 35.7 Å². The molecule has 13 rings (SSSR count). The van der Waals surface area contributed by atoms with Crippen molar-refractivity contribution in [1.29, 1.82) is 0 Å². The van der Waals surface area contributed by atoms with Gasteiger partial charge < -0.3 is 28.1 Å². The van der Waals surface area contributed by atoms with Gasteiger partial charge in [-0.15, -0.1) is 0 Å². The van der Waals surface area contributed by atoms with Crippen molar-refractivity contribution in [1.82, 2.24) is 0 Å². The first kappa shape index (κ1) is 33.8. The lowest BCUT2D eigenvalue weighted by molar-refractivity contribution is 0.464. The largest absolute Gasteiger partial charge is 0.458 e. The van der Waals surface area contributed by atoms with Crippen LogP contribution in [0.15, 0.2) is 209 Å². The number of hydrogen-bond acceptors (Lipinski definition) is 6. The lowest BCUT2D eigenvalue weighted by atomic mass is 9.35. The summed E-state index contributed by atoms with van der Waals surface area (Å²) in [5.74, 6) is 3.17. The van der Waals surface area contributed by atoms with Crippen LogP contribution in [0.4, 0.5) is 34.1 Å². The molecule has 2 aliphatic rings. The number of hydrogen-bond donors (Lipinski definition) is 0. The molecule has 0 amide bonds. The van der Waals surface area contributed by atoms with Crippen LogP contribution in [0, 0.1) is 0 Å². The van der Waals surface area contributed by atoms with Crippen LogP contribution in [0.1, 0.15) is 0 Å². The molecule has 0 saturated heterocycles. The first-order valence-electron chi connectivity index (χ1n) is 20.5. The van der Waals surface area contributed by atoms with Crippen molar-refractivity contribution in [2.75, 3.05) is 9.80 Å². The topological polar surface area (TPSA) is 51.2 Å². The van der Waals surface area contributed by atoms with E-state index in [-0.39, 0.29) is 6.71 Å². The molecule has 9 aromatic carbocycles. The Morgan fingerprint density at radius 2 is 0.754 bits per heavy atom. The van der Waals surface area contributed by atoms with Gasteiger partial charge in [-0.3, -0.25) is 0 Å². The zero-order valence-corrected chi connectivity index (χ0v) is 32.7. The Balaban J connectivity index is 0.957.